The van der Waals surface area contributed by atoms with Crippen molar-refractivity contribution in [3.63, 3.8) is 0 Å². The van der Waals surface area contributed by atoms with E-state index in [9.17, 15) is 4.79 Å². The first-order valence-corrected chi connectivity index (χ1v) is 8.35. The highest BCUT2D eigenvalue weighted by molar-refractivity contribution is 9.10. The number of aryl methyl sites for hydroxylation is 2. The van der Waals surface area contributed by atoms with E-state index in [2.05, 4.69) is 44.2 Å². The van der Waals surface area contributed by atoms with Gasteiger partial charge in [-0.3, -0.25) is 15.6 Å². The predicted molar refractivity (Wildman–Crippen MR) is 91.9 cm³/mol. The third kappa shape index (κ3) is 5.68. The van der Waals surface area contributed by atoms with Crippen LogP contribution in [0.3, 0.4) is 0 Å². The average molecular weight is 376 g/mol. The summed E-state index contributed by atoms with van der Waals surface area (Å²) in [5.41, 5.74) is 7.52. The standard InChI is InChI=1S/C13H18BrN3OS2/c1-4-15-13(19)17-16-12(18)7-20-11-6-8(2)10(14)5-9(11)3/h5-6H,4,7H2,1-3H3,(H,16,18)(H2,15,17,19). The Bertz CT molecular complexity index is 509. The van der Waals surface area contributed by atoms with Gasteiger partial charge in [-0.1, -0.05) is 15.9 Å². The molecule has 1 aromatic rings. The van der Waals surface area contributed by atoms with Crippen molar-refractivity contribution < 1.29 is 4.79 Å². The number of amides is 1. The Morgan fingerprint density at radius 1 is 1.30 bits per heavy atom. The third-order valence-electron chi connectivity index (χ3n) is 2.47. The van der Waals surface area contributed by atoms with Crippen LogP contribution in [-0.2, 0) is 4.79 Å². The number of thiocarbonyl (C=S) groups is 1. The highest BCUT2D eigenvalue weighted by atomic mass is 79.9. The van der Waals surface area contributed by atoms with Gasteiger partial charge in [0.2, 0.25) is 5.91 Å². The van der Waals surface area contributed by atoms with Crippen molar-refractivity contribution in [2.45, 2.75) is 25.7 Å². The SMILES string of the molecule is CCNC(=S)NNC(=O)CSc1cc(C)c(Br)cc1C. The number of benzene rings is 1. The van der Waals surface area contributed by atoms with Crippen LogP contribution >= 0.6 is 39.9 Å². The fourth-order valence-electron chi connectivity index (χ4n) is 1.42. The Hall–Kier alpha value is -0.790. The number of thioether (sulfide) groups is 1. The summed E-state index contributed by atoms with van der Waals surface area (Å²) in [5.74, 6) is 0.221. The summed E-state index contributed by atoms with van der Waals surface area (Å²) in [5, 5.41) is 3.31. The van der Waals surface area contributed by atoms with E-state index in [-0.39, 0.29) is 5.91 Å². The van der Waals surface area contributed by atoms with Gasteiger partial charge in [0.15, 0.2) is 5.11 Å². The molecule has 0 aliphatic rings. The Morgan fingerprint density at radius 3 is 2.65 bits per heavy atom. The topological polar surface area (TPSA) is 53.2 Å². The third-order valence-corrected chi connectivity index (χ3v) is 4.73. The lowest BCUT2D eigenvalue weighted by molar-refractivity contribution is -0.119. The summed E-state index contributed by atoms with van der Waals surface area (Å²) in [7, 11) is 0. The summed E-state index contributed by atoms with van der Waals surface area (Å²) < 4.78 is 1.08. The van der Waals surface area contributed by atoms with Gasteiger partial charge in [0.1, 0.15) is 0 Å². The maximum absolute atomic E-state index is 11.7. The van der Waals surface area contributed by atoms with Gasteiger partial charge in [0.25, 0.3) is 0 Å². The molecular weight excluding hydrogens is 358 g/mol. The lowest BCUT2D eigenvalue weighted by Gasteiger charge is -2.11. The zero-order chi connectivity index (χ0) is 15.1. The number of nitrogens with one attached hydrogen (secondary N) is 3. The van der Waals surface area contributed by atoms with Crippen LogP contribution in [-0.4, -0.2) is 23.3 Å². The smallest absolute Gasteiger partial charge is 0.248 e. The molecule has 0 radical (unpaired) electrons. The molecule has 1 aromatic carbocycles. The highest BCUT2D eigenvalue weighted by Crippen LogP contribution is 2.28. The summed E-state index contributed by atoms with van der Waals surface area (Å²) in [6, 6.07) is 4.14. The van der Waals surface area contributed by atoms with Gasteiger partial charge in [-0.05, 0) is 56.2 Å². The van der Waals surface area contributed by atoms with Crippen LogP contribution < -0.4 is 16.2 Å². The number of hydrazine groups is 1. The van der Waals surface area contributed by atoms with Gasteiger partial charge in [-0.25, -0.2) is 0 Å². The monoisotopic (exact) mass is 375 g/mol. The largest absolute Gasteiger partial charge is 0.362 e. The summed E-state index contributed by atoms with van der Waals surface area (Å²) in [6.45, 7) is 6.71. The zero-order valence-corrected chi connectivity index (χ0v) is 14.9. The molecule has 110 valence electrons. The van der Waals surface area contributed by atoms with Gasteiger partial charge < -0.3 is 5.32 Å². The lowest BCUT2D eigenvalue weighted by Crippen LogP contribution is -2.47. The number of carbonyl (C=O) groups excluding carboxylic acids is 1. The fraction of sp³-hybridized carbons (Fsp3) is 0.385. The van der Waals surface area contributed by atoms with Gasteiger partial charge in [-0.15, -0.1) is 11.8 Å². The Balaban J connectivity index is 2.45. The molecule has 0 aliphatic heterocycles. The van der Waals surface area contributed by atoms with Crippen molar-refractivity contribution in [2.24, 2.45) is 0 Å². The molecule has 1 amide bonds. The minimum Gasteiger partial charge on any atom is -0.362 e. The van der Waals surface area contributed by atoms with Crippen LogP contribution in [0.15, 0.2) is 21.5 Å². The normalized spacial score (nSPS) is 10.0. The second-order valence-electron chi connectivity index (χ2n) is 4.19. The van der Waals surface area contributed by atoms with E-state index in [1.54, 1.807) is 0 Å². The number of rotatable bonds is 4. The fourth-order valence-corrected chi connectivity index (χ4v) is 2.98. The highest BCUT2D eigenvalue weighted by Gasteiger charge is 2.07. The first kappa shape index (κ1) is 17.3. The molecule has 1 rings (SSSR count). The molecule has 4 nitrogen and oxygen atoms in total. The van der Waals surface area contributed by atoms with Crippen LogP contribution in [0.5, 0.6) is 0 Å². The Kier molecular flexibility index (Phi) is 7.32. The van der Waals surface area contributed by atoms with Crippen molar-refractivity contribution >= 4 is 50.9 Å². The van der Waals surface area contributed by atoms with Gasteiger partial charge in [-0.2, -0.15) is 0 Å². The van der Waals surface area contributed by atoms with Crippen LogP contribution in [0, 0.1) is 13.8 Å². The molecule has 0 bridgehead atoms. The molecule has 0 atom stereocenters. The van der Waals surface area contributed by atoms with Gasteiger partial charge in [0.05, 0.1) is 5.75 Å². The van der Waals surface area contributed by atoms with E-state index >= 15 is 0 Å². The number of carbonyl (C=O) groups is 1. The molecule has 0 aliphatic carbocycles. The van der Waals surface area contributed by atoms with Crippen LogP contribution in [0.2, 0.25) is 0 Å². The molecule has 0 saturated carbocycles. The van der Waals surface area contributed by atoms with Crippen molar-refractivity contribution in [3.05, 3.63) is 27.7 Å². The summed E-state index contributed by atoms with van der Waals surface area (Å²) in [4.78, 5) is 12.8. The number of halogens is 1. The summed E-state index contributed by atoms with van der Waals surface area (Å²) in [6.07, 6.45) is 0. The molecule has 0 heterocycles. The van der Waals surface area contributed by atoms with Crippen LogP contribution in [0.4, 0.5) is 0 Å². The molecule has 0 spiro atoms. The molecular formula is C13H18BrN3OS2. The van der Waals surface area contributed by atoms with Gasteiger partial charge in [0, 0.05) is 15.9 Å². The van der Waals surface area contributed by atoms with E-state index in [4.69, 9.17) is 12.2 Å². The minimum absolute atomic E-state index is 0.116. The number of hydrogen-bond acceptors (Lipinski definition) is 3. The molecule has 7 heteroatoms. The van der Waals surface area contributed by atoms with Crippen molar-refractivity contribution in [2.75, 3.05) is 12.3 Å². The first-order chi connectivity index (χ1) is 9.43. The summed E-state index contributed by atoms with van der Waals surface area (Å²) >= 11 is 9.95. The van der Waals surface area contributed by atoms with E-state index < -0.39 is 0 Å². The number of hydrogen-bond donors (Lipinski definition) is 3. The van der Waals surface area contributed by atoms with Crippen molar-refractivity contribution in [1.82, 2.24) is 16.2 Å². The predicted octanol–water partition coefficient (Wildman–Crippen LogP) is 2.67. The molecule has 0 saturated heterocycles. The molecule has 0 unspecified atom stereocenters. The second-order valence-corrected chi connectivity index (χ2v) is 6.47. The van der Waals surface area contributed by atoms with E-state index in [1.807, 2.05) is 20.8 Å². The lowest BCUT2D eigenvalue weighted by atomic mass is 10.2. The zero-order valence-electron chi connectivity index (χ0n) is 11.7. The van der Waals surface area contributed by atoms with Crippen LogP contribution in [0.25, 0.3) is 0 Å². The quantitative estimate of drug-likeness (QED) is 0.429. The molecule has 0 aromatic heterocycles. The second kappa shape index (κ2) is 8.49. The maximum atomic E-state index is 11.7. The average Bonchev–Trinajstić information content (AvgIpc) is 2.39. The van der Waals surface area contributed by atoms with Gasteiger partial charge >= 0.3 is 0 Å². The van der Waals surface area contributed by atoms with Crippen molar-refractivity contribution in [1.29, 1.82) is 0 Å². The van der Waals surface area contributed by atoms with Crippen LogP contribution in [0.1, 0.15) is 18.1 Å². The maximum Gasteiger partial charge on any atom is 0.248 e. The van der Waals surface area contributed by atoms with E-state index in [1.165, 1.54) is 11.8 Å². The van der Waals surface area contributed by atoms with E-state index in [0.717, 1.165) is 20.5 Å². The Labute approximate surface area is 137 Å². The molecule has 0 fully saturated rings. The van der Waals surface area contributed by atoms with Crippen molar-refractivity contribution in [3.8, 4) is 0 Å². The van der Waals surface area contributed by atoms with E-state index in [0.29, 0.717) is 17.4 Å². The first-order valence-electron chi connectivity index (χ1n) is 6.16. The minimum atomic E-state index is -0.116. The molecule has 20 heavy (non-hydrogen) atoms. The molecule has 3 N–H and O–H groups in total. The Morgan fingerprint density at radius 2 is 2.00 bits per heavy atom.